The van der Waals surface area contributed by atoms with Gasteiger partial charge in [-0.15, -0.1) is 11.6 Å². The van der Waals surface area contributed by atoms with Crippen LogP contribution >= 0.6 is 11.6 Å². The van der Waals surface area contributed by atoms with Crippen molar-refractivity contribution >= 4 is 17.7 Å². The Morgan fingerprint density at radius 3 is 2.46 bits per heavy atom. The number of allylic oxidation sites excluding steroid dienone is 1. The maximum Gasteiger partial charge on any atom is 0.0681 e. The molecule has 0 aliphatic carbocycles. The highest BCUT2D eigenvalue weighted by Crippen LogP contribution is 2.06. The largest absolute Gasteiger partial charge is 0.392 e. The Morgan fingerprint density at radius 1 is 1.23 bits per heavy atom. The van der Waals surface area contributed by atoms with Crippen LogP contribution in [0.2, 0.25) is 0 Å². The van der Waals surface area contributed by atoms with E-state index in [9.17, 15) is 0 Å². The van der Waals surface area contributed by atoms with Crippen molar-refractivity contribution in [2.45, 2.75) is 13.0 Å². The zero-order valence-corrected chi connectivity index (χ0v) is 8.17. The lowest BCUT2D eigenvalue weighted by molar-refractivity contribution is 0.282. The number of hydrogen-bond acceptors (Lipinski definition) is 1. The molecule has 1 nitrogen and oxygen atoms in total. The molecule has 13 heavy (non-hydrogen) atoms. The summed E-state index contributed by atoms with van der Waals surface area (Å²) in [6.45, 7) is 0.103. The van der Waals surface area contributed by atoms with Crippen LogP contribution in [0.5, 0.6) is 0 Å². The molecule has 2 heteroatoms. The van der Waals surface area contributed by atoms with Crippen molar-refractivity contribution in [2.75, 3.05) is 5.88 Å². The van der Waals surface area contributed by atoms with Gasteiger partial charge in [-0.1, -0.05) is 36.4 Å². The summed E-state index contributed by atoms with van der Waals surface area (Å²) < 4.78 is 0. The SMILES string of the molecule is OCc1ccc(C=CCCCl)cc1. The van der Waals surface area contributed by atoms with Crippen LogP contribution in [0.4, 0.5) is 0 Å². The van der Waals surface area contributed by atoms with E-state index in [1.807, 2.05) is 36.4 Å². The number of alkyl halides is 1. The topological polar surface area (TPSA) is 20.2 Å². The number of aliphatic hydroxyl groups is 1. The molecule has 0 aliphatic heterocycles. The van der Waals surface area contributed by atoms with E-state index >= 15 is 0 Å². The van der Waals surface area contributed by atoms with Gasteiger partial charge in [-0.05, 0) is 17.5 Å². The second kappa shape index (κ2) is 5.79. The summed E-state index contributed by atoms with van der Waals surface area (Å²) >= 11 is 5.53. The van der Waals surface area contributed by atoms with Crippen molar-refractivity contribution in [3.63, 3.8) is 0 Å². The smallest absolute Gasteiger partial charge is 0.0681 e. The van der Waals surface area contributed by atoms with E-state index in [-0.39, 0.29) is 6.61 Å². The molecule has 0 heterocycles. The fourth-order valence-electron chi connectivity index (χ4n) is 1.02. The van der Waals surface area contributed by atoms with Gasteiger partial charge in [0.05, 0.1) is 6.61 Å². The van der Waals surface area contributed by atoms with Gasteiger partial charge in [-0.25, -0.2) is 0 Å². The Labute approximate surface area is 83.7 Å². The summed E-state index contributed by atoms with van der Waals surface area (Å²) in [6.07, 6.45) is 4.97. The van der Waals surface area contributed by atoms with Crippen LogP contribution in [0.3, 0.4) is 0 Å². The molecule has 0 atom stereocenters. The quantitative estimate of drug-likeness (QED) is 0.735. The molecule has 70 valence electrons. The second-order valence-corrected chi connectivity index (χ2v) is 3.16. The van der Waals surface area contributed by atoms with Crippen molar-refractivity contribution in [1.29, 1.82) is 0 Å². The first kappa shape index (κ1) is 10.3. The summed E-state index contributed by atoms with van der Waals surface area (Å²) in [6, 6.07) is 7.80. The molecule has 1 aromatic rings. The van der Waals surface area contributed by atoms with Crippen LogP contribution in [-0.4, -0.2) is 11.0 Å². The number of halogens is 1. The highest BCUT2D eigenvalue weighted by molar-refractivity contribution is 6.17. The van der Waals surface area contributed by atoms with Crippen LogP contribution in [0.15, 0.2) is 30.3 Å². The van der Waals surface area contributed by atoms with Crippen molar-refractivity contribution < 1.29 is 5.11 Å². The predicted molar refractivity (Wildman–Crippen MR) is 56.7 cm³/mol. The van der Waals surface area contributed by atoms with Gasteiger partial charge in [0.2, 0.25) is 0 Å². The van der Waals surface area contributed by atoms with Crippen molar-refractivity contribution in [3.8, 4) is 0 Å². The van der Waals surface area contributed by atoms with Crippen molar-refractivity contribution in [1.82, 2.24) is 0 Å². The summed E-state index contributed by atoms with van der Waals surface area (Å²) in [5.41, 5.74) is 2.08. The number of hydrogen-bond donors (Lipinski definition) is 1. The monoisotopic (exact) mass is 196 g/mol. The van der Waals surface area contributed by atoms with Gasteiger partial charge in [-0.2, -0.15) is 0 Å². The molecule has 0 saturated heterocycles. The number of rotatable bonds is 4. The van der Waals surface area contributed by atoms with Gasteiger partial charge in [0.15, 0.2) is 0 Å². The van der Waals surface area contributed by atoms with Gasteiger partial charge < -0.3 is 5.11 Å². The summed E-state index contributed by atoms with van der Waals surface area (Å²) in [4.78, 5) is 0. The van der Waals surface area contributed by atoms with Crippen LogP contribution < -0.4 is 0 Å². The van der Waals surface area contributed by atoms with Gasteiger partial charge in [0.25, 0.3) is 0 Å². The fourth-order valence-corrected chi connectivity index (χ4v) is 1.14. The maximum atomic E-state index is 8.81. The molecule has 0 spiro atoms. The zero-order valence-electron chi connectivity index (χ0n) is 7.41. The first-order chi connectivity index (χ1) is 6.36. The third-order valence-corrected chi connectivity index (χ3v) is 1.97. The lowest BCUT2D eigenvalue weighted by atomic mass is 10.1. The van der Waals surface area contributed by atoms with E-state index < -0.39 is 0 Å². The summed E-state index contributed by atoms with van der Waals surface area (Å²) in [5.74, 6) is 0.658. The van der Waals surface area contributed by atoms with E-state index in [4.69, 9.17) is 16.7 Å². The standard InChI is InChI=1S/C11H13ClO/c12-8-2-1-3-10-4-6-11(9-13)7-5-10/h1,3-7,13H,2,8-9H2. The molecule has 0 unspecified atom stereocenters. The Kier molecular flexibility index (Phi) is 4.58. The Morgan fingerprint density at radius 2 is 1.92 bits per heavy atom. The number of aliphatic hydroxyl groups excluding tert-OH is 1. The van der Waals surface area contributed by atoms with Gasteiger partial charge in [-0.3, -0.25) is 0 Å². The average Bonchev–Trinajstić information content (AvgIpc) is 2.19. The third-order valence-electron chi connectivity index (χ3n) is 1.75. The van der Waals surface area contributed by atoms with Crippen LogP contribution in [0.25, 0.3) is 6.08 Å². The fraction of sp³-hybridized carbons (Fsp3) is 0.273. The Hall–Kier alpha value is -0.790. The van der Waals surface area contributed by atoms with E-state index in [0.29, 0.717) is 5.88 Å². The van der Waals surface area contributed by atoms with Crippen molar-refractivity contribution in [3.05, 3.63) is 41.5 Å². The molecule has 0 saturated carbocycles. The minimum Gasteiger partial charge on any atom is -0.392 e. The first-order valence-electron chi connectivity index (χ1n) is 4.29. The minimum absolute atomic E-state index is 0.103. The molecule has 0 aliphatic rings. The predicted octanol–water partition coefficient (Wildman–Crippen LogP) is 2.82. The second-order valence-electron chi connectivity index (χ2n) is 2.78. The van der Waals surface area contributed by atoms with Gasteiger partial charge in [0, 0.05) is 5.88 Å². The molecular formula is C11H13ClO. The van der Waals surface area contributed by atoms with Crippen LogP contribution in [0, 0.1) is 0 Å². The first-order valence-corrected chi connectivity index (χ1v) is 4.82. The molecule has 1 N–H and O–H groups in total. The molecule has 1 aromatic carbocycles. The molecular weight excluding hydrogens is 184 g/mol. The normalized spacial score (nSPS) is 10.9. The third kappa shape index (κ3) is 3.62. The van der Waals surface area contributed by atoms with Gasteiger partial charge >= 0.3 is 0 Å². The van der Waals surface area contributed by atoms with Crippen LogP contribution in [-0.2, 0) is 6.61 Å². The Balaban J connectivity index is 2.58. The summed E-state index contributed by atoms with van der Waals surface area (Å²) in [7, 11) is 0. The van der Waals surface area contributed by atoms with Crippen LogP contribution in [0.1, 0.15) is 17.5 Å². The molecule has 0 aromatic heterocycles. The Bertz CT molecular complexity index is 264. The molecule has 0 radical (unpaired) electrons. The molecule has 1 rings (SSSR count). The lowest BCUT2D eigenvalue weighted by Crippen LogP contribution is -1.81. The maximum absolute atomic E-state index is 8.81. The van der Waals surface area contributed by atoms with Gasteiger partial charge in [0.1, 0.15) is 0 Å². The average molecular weight is 197 g/mol. The van der Waals surface area contributed by atoms with E-state index in [2.05, 4.69) is 0 Å². The van der Waals surface area contributed by atoms with E-state index in [1.165, 1.54) is 0 Å². The lowest BCUT2D eigenvalue weighted by Gasteiger charge is -1.96. The highest BCUT2D eigenvalue weighted by Gasteiger charge is 1.88. The van der Waals surface area contributed by atoms with E-state index in [1.54, 1.807) is 0 Å². The molecule has 0 amide bonds. The molecule has 0 bridgehead atoms. The highest BCUT2D eigenvalue weighted by atomic mass is 35.5. The minimum atomic E-state index is 0.103. The summed E-state index contributed by atoms with van der Waals surface area (Å²) in [5, 5.41) is 8.81. The van der Waals surface area contributed by atoms with Crippen molar-refractivity contribution in [2.24, 2.45) is 0 Å². The molecule has 0 fully saturated rings. The van der Waals surface area contributed by atoms with E-state index in [0.717, 1.165) is 17.5 Å². The zero-order chi connectivity index (χ0) is 9.52. The number of benzene rings is 1.